The van der Waals surface area contributed by atoms with Gasteiger partial charge in [-0.15, -0.1) is 0 Å². The van der Waals surface area contributed by atoms with E-state index in [0.717, 1.165) is 12.2 Å². The topological polar surface area (TPSA) is 9.23 Å². The summed E-state index contributed by atoms with van der Waals surface area (Å²) in [4.78, 5) is 0. The number of unbranched alkanes of at least 4 members (excludes halogenated alkanes) is 9. The highest BCUT2D eigenvalue weighted by Gasteiger charge is 2.01. The molecular formula is C18H28BrFO. The Kier molecular flexibility index (Phi) is 10.6. The van der Waals surface area contributed by atoms with Gasteiger partial charge in [0.2, 0.25) is 0 Å². The third kappa shape index (κ3) is 9.13. The first-order valence-electron chi connectivity index (χ1n) is 8.32. The molecule has 1 aromatic rings. The number of halogens is 2. The van der Waals surface area contributed by atoms with Crippen LogP contribution in [0.15, 0.2) is 22.7 Å². The molecule has 0 N–H and O–H groups in total. The molecule has 0 aromatic heterocycles. The quantitative estimate of drug-likeness (QED) is 0.369. The van der Waals surface area contributed by atoms with Crippen LogP contribution in [-0.4, -0.2) is 6.61 Å². The SMILES string of the molecule is CCCCCCCCCCCCOc1ccc(F)c(Br)c1. The van der Waals surface area contributed by atoms with Crippen molar-refractivity contribution in [1.82, 2.24) is 0 Å². The number of hydrogen-bond donors (Lipinski definition) is 0. The molecule has 0 atom stereocenters. The predicted molar refractivity (Wildman–Crippen MR) is 91.4 cm³/mol. The van der Waals surface area contributed by atoms with Gasteiger partial charge >= 0.3 is 0 Å². The molecule has 21 heavy (non-hydrogen) atoms. The van der Waals surface area contributed by atoms with Gasteiger partial charge in [0.1, 0.15) is 11.6 Å². The Hall–Kier alpha value is -0.570. The lowest BCUT2D eigenvalue weighted by atomic mass is 10.1. The first-order valence-corrected chi connectivity index (χ1v) is 9.11. The highest BCUT2D eigenvalue weighted by atomic mass is 79.9. The molecule has 0 spiro atoms. The minimum absolute atomic E-state index is 0.249. The summed E-state index contributed by atoms with van der Waals surface area (Å²) in [5, 5.41) is 0. The van der Waals surface area contributed by atoms with E-state index in [1.54, 1.807) is 12.1 Å². The summed E-state index contributed by atoms with van der Waals surface area (Å²) in [6.45, 7) is 2.97. The molecule has 0 aliphatic heterocycles. The summed E-state index contributed by atoms with van der Waals surface area (Å²) in [5.41, 5.74) is 0. The summed E-state index contributed by atoms with van der Waals surface area (Å²) in [6.07, 6.45) is 13.2. The van der Waals surface area contributed by atoms with Crippen LogP contribution in [0.3, 0.4) is 0 Å². The van der Waals surface area contributed by atoms with Gasteiger partial charge < -0.3 is 4.74 Å². The normalized spacial score (nSPS) is 10.8. The second kappa shape index (κ2) is 12.0. The molecule has 0 aliphatic carbocycles. The van der Waals surface area contributed by atoms with Crippen LogP contribution in [0.5, 0.6) is 5.75 Å². The van der Waals surface area contributed by atoms with Crippen LogP contribution in [0, 0.1) is 5.82 Å². The van der Waals surface area contributed by atoms with Crippen molar-refractivity contribution in [3.8, 4) is 5.75 Å². The molecule has 0 unspecified atom stereocenters. The van der Waals surface area contributed by atoms with Crippen LogP contribution >= 0.6 is 15.9 Å². The van der Waals surface area contributed by atoms with Crippen LogP contribution < -0.4 is 4.74 Å². The van der Waals surface area contributed by atoms with Crippen LogP contribution in [0.1, 0.15) is 71.1 Å². The molecule has 0 aliphatic rings. The van der Waals surface area contributed by atoms with Gasteiger partial charge in [0.25, 0.3) is 0 Å². The van der Waals surface area contributed by atoms with Crippen molar-refractivity contribution in [1.29, 1.82) is 0 Å². The summed E-state index contributed by atoms with van der Waals surface area (Å²) in [5.74, 6) is 0.487. The van der Waals surface area contributed by atoms with Crippen molar-refractivity contribution < 1.29 is 9.13 Å². The largest absolute Gasteiger partial charge is 0.494 e. The Morgan fingerprint density at radius 3 is 2.05 bits per heavy atom. The van der Waals surface area contributed by atoms with Gasteiger partial charge in [-0.2, -0.15) is 0 Å². The maximum Gasteiger partial charge on any atom is 0.137 e. The second-order valence-electron chi connectivity index (χ2n) is 5.61. The Bertz CT molecular complexity index is 381. The fraction of sp³-hybridized carbons (Fsp3) is 0.667. The van der Waals surface area contributed by atoms with E-state index in [2.05, 4.69) is 22.9 Å². The van der Waals surface area contributed by atoms with E-state index in [0.29, 0.717) is 11.1 Å². The van der Waals surface area contributed by atoms with Gasteiger partial charge in [0.05, 0.1) is 11.1 Å². The summed E-state index contributed by atoms with van der Waals surface area (Å²) in [7, 11) is 0. The van der Waals surface area contributed by atoms with Crippen molar-refractivity contribution in [3.63, 3.8) is 0 Å². The Balaban J connectivity index is 1.91. The third-order valence-corrected chi connectivity index (χ3v) is 4.27. The smallest absolute Gasteiger partial charge is 0.137 e. The molecular weight excluding hydrogens is 331 g/mol. The van der Waals surface area contributed by atoms with Gasteiger partial charge in [0, 0.05) is 0 Å². The van der Waals surface area contributed by atoms with Gasteiger partial charge in [-0.05, 0) is 40.5 Å². The number of benzene rings is 1. The van der Waals surface area contributed by atoms with Gasteiger partial charge in [-0.1, -0.05) is 64.7 Å². The molecule has 0 amide bonds. The van der Waals surface area contributed by atoms with Crippen molar-refractivity contribution in [2.45, 2.75) is 71.1 Å². The van der Waals surface area contributed by atoms with Crippen molar-refractivity contribution in [2.24, 2.45) is 0 Å². The molecule has 0 saturated carbocycles. The molecule has 0 heterocycles. The molecule has 3 heteroatoms. The van der Waals surface area contributed by atoms with E-state index < -0.39 is 0 Å². The molecule has 0 radical (unpaired) electrons. The molecule has 1 aromatic carbocycles. The van der Waals surface area contributed by atoms with E-state index in [1.165, 1.54) is 63.9 Å². The fourth-order valence-corrected chi connectivity index (χ4v) is 2.70. The van der Waals surface area contributed by atoms with E-state index in [9.17, 15) is 4.39 Å². The highest BCUT2D eigenvalue weighted by molar-refractivity contribution is 9.10. The Labute approximate surface area is 137 Å². The van der Waals surface area contributed by atoms with Crippen LogP contribution in [0.4, 0.5) is 4.39 Å². The minimum atomic E-state index is -0.249. The standard InChI is InChI=1S/C18H28BrFO/c1-2-3-4-5-6-7-8-9-10-11-14-21-16-12-13-18(20)17(19)15-16/h12-13,15H,2-11,14H2,1H3. The average Bonchev–Trinajstić information content (AvgIpc) is 2.48. The average molecular weight is 359 g/mol. The third-order valence-electron chi connectivity index (χ3n) is 3.66. The van der Waals surface area contributed by atoms with E-state index in [4.69, 9.17) is 4.74 Å². The molecule has 0 bridgehead atoms. The zero-order valence-corrected chi connectivity index (χ0v) is 14.8. The Morgan fingerprint density at radius 1 is 0.905 bits per heavy atom. The molecule has 0 fully saturated rings. The van der Waals surface area contributed by atoms with E-state index in [-0.39, 0.29) is 5.82 Å². The van der Waals surface area contributed by atoms with Crippen molar-refractivity contribution >= 4 is 15.9 Å². The second-order valence-corrected chi connectivity index (χ2v) is 6.46. The van der Waals surface area contributed by atoms with Gasteiger partial charge in [-0.3, -0.25) is 0 Å². The fourth-order valence-electron chi connectivity index (χ4n) is 2.35. The maximum atomic E-state index is 13.1. The lowest BCUT2D eigenvalue weighted by Crippen LogP contribution is -1.97. The summed E-state index contributed by atoms with van der Waals surface area (Å²) in [6, 6.07) is 4.79. The lowest BCUT2D eigenvalue weighted by Gasteiger charge is -2.07. The van der Waals surface area contributed by atoms with Gasteiger partial charge in [-0.25, -0.2) is 4.39 Å². The first kappa shape index (κ1) is 18.5. The zero-order chi connectivity index (χ0) is 15.3. The maximum absolute atomic E-state index is 13.1. The van der Waals surface area contributed by atoms with Crippen LogP contribution in [0.25, 0.3) is 0 Å². The Morgan fingerprint density at radius 2 is 1.48 bits per heavy atom. The highest BCUT2D eigenvalue weighted by Crippen LogP contribution is 2.21. The van der Waals surface area contributed by atoms with Crippen molar-refractivity contribution in [3.05, 3.63) is 28.5 Å². The molecule has 1 rings (SSSR count). The molecule has 0 saturated heterocycles. The summed E-state index contributed by atoms with van der Waals surface area (Å²) >= 11 is 3.16. The number of rotatable bonds is 12. The van der Waals surface area contributed by atoms with Crippen LogP contribution in [-0.2, 0) is 0 Å². The van der Waals surface area contributed by atoms with E-state index >= 15 is 0 Å². The van der Waals surface area contributed by atoms with Crippen LogP contribution in [0.2, 0.25) is 0 Å². The lowest BCUT2D eigenvalue weighted by molar-refractivity contribution is 0.303. The zero-order valence-electron chi connectivity index (χ0n) is 13.2. The minimum Gasteiger partial charge on any atom is -0.494 e. The molecule has 1 nitrogen and oxygen atoms in total. The summed E-state index contributed by atoms with van der Waals surface area (Å²) < 4.78 is 19.1. The van der Waals surface area contributed by atoms with Gasteiger partial charge in [0.15, 0.2) is 0 Å². The van der Waals surface area contributed by atoms with Crippen molar-refractivity contribution in [2.75, 3.05) is 6.61 Å². The number of ether oxygens (including phenoxy) is 1. The predicted octanol–water partition coefficient (Wildman–Crippen LogP) is 6.89. The molecule has 120 valence electrons. The van der Waals surface area contributed by atoms with E-state index in [1.807, 2.05) is 0 Å². The first-order chi connectivity index (χ1) is 10.2. The monoisotopic (exact) mass is 358 g/mol. The number of hydrogen-bond acceptors (Lipinski definition) is 1.